The van der Waals surface area contributed by atoms with E-state index < -0.39 is 0 Å². The first kappa shape index (κ1) is 13.3. The molecule has 0 amide bonds. The van der Waals surface area contributed by atoms with Crippen LogP contribution in [0.5, 0.6) is 0 Å². The van der Waals surface area contributed by atoms with Crippen LogP contribution in [0.4, 0.5) is 0 Å². The van der Waals surface area contributed by atoms with E-state index >= 15 is 0 Å². The number of nitrogens with one attached hydrogen (secondary N) is 1. The molecule has 0 radical (unpaired) electrons. The highest BCUT2D eigenvalue weighted by Crippen LogP contribution is 2.14. The van der Waals surface area contributed by atoms with Crippen molar-refractivity contribution in [1.29, 1.82) is 0 Å². The van der Waals surface area contributed by atoms with E-state index in [-0.39, 0.29) is 0 Å². The topological polar surface area (TPSA) is 29.9 Å². The Morgan fingerprint density at radius 1 is 1.39 bits per heavy atom. The Morgan fingerprint density at radius 2 is 2.22 bits per heavy atom. The average Bonchev–Trinajstić information content (AvgIpc) is 2.93. The molecule has 0 aliphatic heterocycles. The smallest absolute Gasteiger partial charge is 0.111 e. The first-order valence-corrected chi connectivity index (χ1v) is 7.25. The third kappa shape index (κ3) is 3.43. The molecule has 2 rings (SSSR count). The Balaban J connectivity index is 1.77. The van der Waals surface area contributed by atoms with Crippen molar-refractivity contribution in [3.63, 3.8) is 0 Å². The first-order chi connectivity index (χ1) is 8.66. The summed E-state index contributed by atoms with van der Waals surface area (Å²) in [6.07, 6.45) is 3.95. The molecule has 1 N–H and O–H groups in total. The molecule has 0 aliphatic rings. The average molecular weight is 263 g/mol. The molecular formula is C14H21N3S. The minimum absolute atomic E-state index is 0.486. The van der Waals surface area contributed by atoms with Gasteiger partial charge in [0.2, 0.25) is 0 Å². The standard InChI is InChI=1S/C14H21N3S/c1-11(2)14-16-7-9-17(14)8-6-15-10-13-5-4-12(3)18-13/h4-5,7,9,11,15H,6,8,10H2,1-3H3. The summed E-state index contributed by atoms with van der Waals surface area (Å²) in [7, 11) is 0. The van der Waals surface area contributed by atoms with Gasteiger partial charge in [-0.25, -0.2) is 4.98 Å². The second-order valence-electron chi connectivity index (χ2n) is 4.82. The summed E-state index contributed by atoms with van der Waals surface area (Å²) < 4.78 is 2.23. The maximum absolute atomic E-state index is 4.39. The molecule has 2 aromatic heterocycles. The highest BCUT2D eigenvalue weighted by molar-refractivity contribution is 7.11. The van der Waals surface area contributed by atoms with E-state index in [9.17, 15) is 0 Å². The van der Waals surface area contributed by atoms with Crippen molar-refractivity contribution in [2.24, 2.45) is 0 Å². The van der Waals surface area contributed by atoms with Crippen molar-refractivity contribution in [1.82, 2.24) is 14.9 Å². The van der Waals surface area contributed by atoms with Crippen LogP contribution in [0.3, 0.4) is 0 Å². The summed E-state index contributed by atoms with van der Waals surface area (Å²) in [5, 5.41) is 3.48. The maximum atomic E-state index is 4.39. The lowest BCUT2D eigenvalue weighted by atomic mass is 10.2. The third-order valence-electron chi connectivity index (χ3n) is 2.89. The van der Waals surface area contributed by atoms with Crippen LogP contribution in [0.25, 0.3) is 0 Å². The Labute approximate surface area is 113 Å². The molecular weight excluding hydrogens is 242 g/mol. The van der Waals surface area contributed by atoms with E-state index in [2.05, 4.69) is 54.0 Å². The van der Waals surface area contributed by atoms with Crippen molar-refractivity contribution in [2.45, 2.75) is 39.8 Å². The minimum Gasteiger partial charge on any atom is -0.333 e. The monoisotopic (exact) mass is 263 g/mol. The van der Waals surface area contributed by atoms with Crippen LogP contribution in [-0.4, -0.2) is 16.1 Å². The number of nitrogens with zero attached hydrogens (tertiary/aromatic N) is 2. The van der Waals surface area contributed by atoms with E-state index in [1.807, 2.05) is 17.5 Å². The Hall–Kier alpha value is -1.13. The SMILES string of the molecule is Cc1ccc(CNCCn2ccnc2C(C)C)s1. The van der Waals surface area contributed by atoms with Gasteiger partial charge in [-0.05, 0) is 19.1 Å². The zero-order chi connectivity index (χ0) is 13.0. The van der Waals surface area contributed by atoms with Crippen LogP contribution < -0.4 is 5.32 Å². The van der Waals surface area contributed by atoms with E-state index in [4.69, 9.17) is 0 Å². The quantitative estimate of drug-likeness (QED) is 0.811. The summed E-state index contributed by atoms with van der Waals surface area (Å²) in [6, 6.07) is 4.37. The lowest BCUT2D eigenvalue weighted by molar-refractivity contribution is 0.567. The van der Waals surface area contributed by atoms with E-state index in [0.29, 0.717) is 5.92 Å². The molecule has 0 spiro atoms. The van der Waals surface area contributed by atoms with Gasteiger partial charge in [-0.1, -0.05) is 13.8 Å². The summed E-state index contributed by atoms with van der Waals surface area (Å²) in [5.41, 5.74) is 0. The fourth-order valence-electron chi connectivity index (χ4n) is 2.00. The van der Waals surface area contributed by atoms with Crippen LogP contribution in [0.1, 0.15) is 35.3 Å². The molecule has 0 fully saturated rings. The zero-order valence-corrected chi connectivity index (χ0v) is 12.1. The summed E-state index contributed by atoms with van der Waals surface area (Å²) in [6.45, 7) is 9.44. The number of thiophene rings is 1. The van der Waals surface area contributed by atoms with Crippen molar-refractivity contribution in [2.75, 3.05) is 6.54 Å². The Morgan fingerprint density at radius 3 is 2.89 bits per heavy atom. The molecule has 2 heterocycles. The molecule has 2 aromatic rings. The largest absolute Gasteiger partial charge is 0.333 e. The molecule has 0 saturated carbocycles. The van der Waals surface area contributed by atoms with E-state index in [0.717, 1.165) is 19.6 Å². The molecule has 0 bridgehead atoms. The van der Waals surface area contributed by atoms with Crippen molar-refractivity contribution in [3.05, 3.63) is 40.1 Å². The molecule has 0 aliphatic carbocycles. The molecule has 0 unspecified atom stereocenters. The third-order valence-corrected chi connectivity index (χ3v) is 3.89. The van der Waals surface area contributed by atoms with Gasteiger partial charge in [0.1, 0.15) is 5.82 Å². The summed E-state index contributed by atoms with van der Waals surface area (Å²) in [5.74, 6) is 1.66. The molecule has 18 heavy (non-hydrogen) atoms. The zero-order valence-electron chi connectivity index (χ0n) is 11.3. The minimum atomic E-state index is 0.486. The fourth-order valence-corrected chi connectivity index (χ4v) is 2.86. The van der Waals surface area contributed by atoms with Crippen molar-refractivity contribution < 1.29 is 0 Å². The van der Waals surface area contributed by atoms with Crippen LogP contribution in [0.15, 0.2) is 24.5 Å². The number of hydrogen-bond acceptors (Lipinski definition) is 3. The van der Waals surface area contributed by atoms with Gasteiger partial charge in [0.25, 0.3) is 0 Å². The maximum Gasteiger partial charge on any atom is 0.111 e. The van der Waals surface area contributed by atoms with Crippen LogP contribution in [0, 0.1) is 6.92 Å². The predicted molar refractivity (Wildman–Crippen MR) is 77.1 cm³/mol. The highest BCUT2D eigenvalue weighted by atomic mass is 32.1. The number of aryl methyl sites for hydroxylation is 1. The van der Waals surface area contributed by atoms with Crippen LogP contribution >= 0.6 is 11.3 Å². The number of rotatable bonds is 6. The lowest BCUT2D eigenvalue weighted by Crippen LogP contribution is -2.20. The number of imidazole rings is 1. The van der Waals surface area contributed by atoms with Gasteiger partial charge >= 0.3 is 0 Å². The van der Waals surface area contributed by atoms with Gasteiger partial charge < -0.3 is 9.88 Å². The molecule has 98 valence electrons. The molecule has 0 saturated heterocycles. The molecule has 4 heteroatoms. The Bertz CT molecular complexity index is 485. The van der Waals surface area contributed by atoms with Gasteiger partial charge in [-0.15, -0.1) is 11.3 Å². The normalized spacial score (nSPS) is 11.3. The number of aromatic nitrogens is 2. The van der Waals surface area contributed by atoms with Crippen LogP contribution in [0.2, 0.25) is 0 Å². The second kappa shape index (κ2) is 6.16. The van der Waals surface area contributed by atoms with Gasteiger partial charge in [0.05, 0.1) is 0 Å². The van der Waals surface area contributed by atoms with Gasteiger partial charge in [0.15, 0.2) is 0 Å². The van der Waals surface area contributed by atoms with Crippen molar-refractivity contribution >= 4 is 11.3 Å². The molecule has 0 aromatic carbocycles. The summed E-state index contributed by atoms with van der Waals surface area (Å²) in [4.78, 5) is 7.18. The Kier molecular flexibility index (Phi) is 4.55. The summed E-state index contributed by atoms with van der Waals surface area (Å²) >= 11 is 1.86. The van der Waals surface area contributed by atoms with Gasteiger partial charge in [-0.3, -0.25) is 0 Å². The van der Waals surface area contributed by atoms with E-state index in [1.54, 1.807) is 0 Å². The second-order valence-corrected chi connectivity index (χ2v) is 6.20. The molecule has 0 atom stereocenters. The van der Waals surface area contributed by atoms with Gasteiger partial charge in [0, 0.05) is 47.7 Å². The van der Waals surface area contributed by atoms with Crippen LogP contribution in [-0.2, 0) is 13.1 Å². The molecule has 3 nitrogen and oxygen atoms in total. The lowest BCUT2D eigenvalue weighted by Gasteiger charge is -2.10. The number of hydrogen-bond donors (Lipinski definition) is 1. The van der Waals surface area contributed by atoms with Crippen molar-refractivity contribution in [3.8, 4) is 0 Å². The fraction of sp³-hybridized carbons (Fsp3) is 0.500. The van der Waals surface area contributed by atoms with E-state index in [1.165, 1.54) is 15.6 Å². The first-order valence-electron chi connectivity index (χ1n) is 6.44. The predicted octanol–water partition coefficient (Wildman–Crippen LogP) is 3.17. The highest BCUT2D eigenvalue weighted by Gasteiger charge is 2.06. The van der Waals surface area contributed by atoms with Gasteiger partial charge in [-0.2, -0.15) is 0 Å².